The minimum Gasteiger partial charge on any atom is -0.482 e. The Hall–Kier alpha value is -3.24. The van der Waals surface area contributed by atoms with Gasteiger partial charge >= 0.3 is 0 Å². The first kappa shape index (κ1) is 25.4. The van der Waals surface area contributed by atoms with E-state index >= 15 is 0 Å². The Bertz CT molecular complexity index is 1490. The number of aromatic nitrogens is 5. The van der Waals surface area contributed by atoms with E-state index in [0.717, 1.165) is 5.56 Å². The van der Waals surface area contributed by atoms with Crippen molar-refractivity contribution < 1.29 is 14.2 Å². The number of aliphatic hydroxyl groups excluding tert-OH is 1. The number of nitrogens with one attached hydrogen (secondary N) is 1. The van der Waals surface area contributed by atoms with E-state index in [1.165, 1.54) is 12.1 Å². The number of aryl methyl sites for hydroxylation is 1. The molecule has 2 N–H and O–H groups in total. The lowest BCUT2D eigenvalue weighted by Gasteiger charge is -2.23. The minimum absolute atomic E-state index is 0.0344. The standard InChI is InChI=1S/C24H21B3ClFN6O2/c1-12-17-7-15(29)3-4-16(17)20-14(9-34(2)32-20)5-18-21(35(33-22(18)28)10-24(25,26)27)13-6-19(37-12)23(30-8-13)31-11-36/h3-4,6-9,12,36H,5,10-11H2,1-2H3,(H,30,31)/t12-/m1/s1. The molecule has 0 spiro atoms. The van der Waals surface area contributed by atoms with Crippen LogP contribution in [0.4, 0.5) is 10.2 Å². The van der Waals surface area contributed by atoms with Crippen molar-refractivity contribution in [1.29, 1.82) is 0 Å². The van der Waals surface area contributed by atoms with Crippen LogP contribution in [0.5, 0.6) is 5.75 Å². The lowest BCUT2D eigenvalue weighted by molar-refractivity contribution is 0.226. The van der Waals surface area contributed by atoms with Crippen molar-refractivity contribution in [2.75, 3.05) is 12.0 Å². The molecule has 13 heteroatoms. The highest BCUT2D eigenvalue weighted by Crippen LogP contribution is 2.41. The summed E-state index contributed by atoms with van der Waals surface area (Å²) >= 11 is 6.67. The minimum atomic E-state index is -1.56. The number of ether oxygens (including phenoxy) is 1. The summed E-state index contributed by atoms with van der Waals surface area (Å²) in [7, 11) is 19.6. The molecular weight excluding hydrogens is 491 g/mol. The number of hydrogen-bond acceptors (Lipinski definition) is 6. The summed E-state index contributed by atoms with van der Waals surface area (Å²) in [4.78, 5) is 4.46. The summed E-state index contributed by atoms with van der Waals surface area (Å²) in [5, 5.41) is 20.1. The van der Waals surface area contributed by atoms with Crippen LogP contribution >= 0.6 is 11.6 Å². The van der Waals surface area contributed by atoms with Crippen molar-refractivity contribution in [2.45, 2.75) is 31.1 Å². The van der Waals surface area contributed by atoms with Gasteiger partial charge in [-0.25, -0.2) is 9.37 Å². The number of rotatable bonds is 4. The second-order valence-electron chi connectivity index (χ2n) is 9.14. The number of nitrogens with zero attached hydrogens (tertiary/aromatic N) is 5. The molecule has 1 aliphatic heterocycles. The van der Waals surface area contributed by atoms with Gasteiger partial charge < -0.3 is 15.2 Å². The van der Waals surface area contributed by atoms with E-state index in [2.05, 4.69) is 20.5 Å². The summed E-state index contributed by atoms with van der Waals surface area (Å²) in [5.41, 5.74) is 4.69. The van der Waals surface area contributed by atoms with Gasteiger partial charge in [0.25, 0.3) is 0 Å². The predicted octanol–water partition coefficient (Wildman–Crippen LogP) is 3.12. The first-order valence-electron chi connectivity index (χ1n) is 11.5. The van der Waals surface area contributed by atoms with Gasteiger partial charge in [-0.15, -0.1) is 5.11 Å². The van der Waals surface area contributed by atoms with Crippen LogP contribution in [0.2, 0.25) is 10.3 Å². The van der Waals surface area contributed by atoms with Crippen LogP contribution in [-0.4, -0.2) is 59.9 Å². The molecular formula is C24H21B3ClFN6O2. The number of halogens is 2. The van der Waals surface area contributed by atoms with Gasteiger partial charge in [-0.2, -0.15) is 10.2 Å². The molecule has 0 fully saturated rings. The number of anilines is 1. The van der Waals surface area contributed by atoms with E-state index in [-0.39, 0.29) is 18.4 Å². The molecule has 5 rings (SSSR count). The van der Waals surface area contributed by atoms with Crippen LogP contribution in [0.15, 0.2) is 36.7 Å². The van der Waals surface area contributed by atoms with E-state index in [4.69, 9.17) is 39.9 Å². The molecule has 4 heterocycles. The van der Waals surface area contributed by atoms with Crippen molar-refractivity contribution in [2.24, 2.45) is 7.05 Å². The van der Waals surface area contributed by atoms with Gasteiger partial charge in [0.05, 0.1) is 34.9 Å². The monoisotopic (exact) mass is 512 g/mol. The molecule has 1 aliphatic rings. The highest BCUT2D eigenvalue weighted by molar-refractivity contribution is 6.58. The highest BCUT2D eigenvalue weighted by atomic mass is 35.5. The smallest absolute Gasteiger partial charge is 0.170 e. The number of benzene rings is 1. The van der Waals surface area contributed by atoms with Crippen LogP contribution in [-0.2, 0) is 20.0 Å². The molecule has 2 bridgehead atoms. The molecule has 0 saturated carbocycles. The number of fused-ring (bicyclic) bond motifs is 7. The van der Waals surface area contributed by atoms with Gasteiger partial charge in [0.1, 0.15) is 18.7 Å². The summed E-state index contributed by atoms with van der Waals surface area (Å²) in [6.07, 6.45) is 3.22. The van der Waals surface area contributed by atoms with Crippen molar-refractivity contribution in [3.8, 4) is 28.3 Å². The zero-order chi connectivity index (χ0) is 26.5. The Morgan fingerprint density at radius 3 is 2.78 bits per heavy atom. The van der Waals surface area contributed by atoms with Crippen LogP contribution in [0.1, 0.15) is 29.7 Å². The largest absolute Gasteiger partial charge is 0.482 e. The molecule has 4 aromatic rings. The Balaban J connectivity index is 1.81. The maximum Gasteiger partial charge on any atom is 0.170 e. The molecule has 0 saturated heterocycles. The van der Waals surface area contributed by atoms with Crippen molar-refractivity contribution >= 4 is 41.0 Å². The third-order valence-electron chi connectivity index (χ3n) is 6.08. The highest BCUT2D eigenvalue weighted by Gasteiger charge is 2.27. The van der Waals surface area contributed by atoms with Crippen LogP contribution < -0.4 is 10.1 Å². The molecule has 37 heavy (non-hydrogen) atoms. The SMILES string of the molecule is [B]C([B])([B])Cn1nc(Cl)c2c1-c1cnc(NCO)c(c1)O[C@H](C)c1cc(F)ccc1-c1nn(C)cc1C2. The molecule has 3 aromatic heterocycles. The van der Waals surface area contributed by atoms with Crippen molar-refractivity contribution in [1.82, 2.24) is 24.5 Å². The Kier molecular flexibility index (Phi) is 6.58. The molecule has 1 aromatic carbocycles. The van der Waals surface area contributed by atoms with Gasteiger partial charge in [0.15, 0.2) is 16.7 Å². The molecule has 6 radical (unpaired) electrons. The van der Waals surface area contributed by atoms with Crippen molar-refractivity contribution in [3.63, 3.8) is 0 Å². The van der Waals surface area contributed by atoms with E-state index in [1.54, 1.807) is 34.6 Å². The topological polar surface area (TPSA) is 90.0 Å². The third-order valence-corrected chi connectivity index (χ3v) is 6.38. The fourth-order valence-electron chi connectivity index (χ4n) is 4.62. The first-order chi connectivity index (χ1) is 17.5. The van der Waals surface area contributed by atoms with Gasteiger partial charge in [-0.05, 0) is 31.2 Å². The summed E-state index contributed by atoms with van der Waals surface area (Å²) < 4.78 is 24.0. The van der Waals surface area contributed by atoms with Gasteiger partial charge in [0.2, 0.25) is 0 Å². The molecule has 0 unspecified atom stereocenters. The van der Waals surface area contributed by atoms with Crippen molar-refractivity contribution in [3.05, 3.63) is 64.3 Å². The average molecular weight is 512 g/mol. The van der Waals surface area contributed by atoms with Gasteiger partial charge in [-0.1, -0.05) is 11.6 Å². The molecule has 0 aliphatic carbocycles. The lowest BCUT2D eigenvalue weighted by Crippen LogP contribution is -2.22. The fourth-order valence-corrected chi connectivity index (χ4v) is 4.87. The molecule has 8 nitrogen and oxygen atoms in total. The van der Waals surface area contributed by atoms with E-state index < -0.39 is 17.0 Å². The predicted molar refractivity (Wildman–Crippen MR) is 142 cm³/mol. The zero-order valence-corrected chi connectivity index (χ0v) is 21.0. The van der Waals surface area contributed by atoms with Crippen LogP contribution in [0, 0.1) is 5.82 Å². The zero-order valence-electron chi connectivity index (χ0n) is 20.2. The maximum absolute atomic E-state index is 14.4. The quantitative estimate of drug-likeness (QED) is 0.323. The van der Waals surface area contributed by atoms with Gasteiger partial charge in [-0.3, -0.25) is 9.36 Å². The summed E-state index contributed by atoms with van der Waals surface area (Å²) in [6, 6.07) is 6.24. The van der Waals surface area contributed by atoms with Crippen LogP contribution in [0.3, 0.4) is 0 Å². The Morgan fingerprint density at radius 1 is 1.27 bits per heavy atom. The molecule has 1 atom stereocenters. The molecule has 182 valence electrons. The summed E-state index contributed by atoms with van der Waals surface area (Å²) in [6.45, 7) is 1.40. The number of pyridine rings is 1. The Labute approximate surface area is 222 Å². The maximum atomic E-state index is 14.4. The number of hydrogen-bond donors (Lipinski definition) is 2. The third kappa shape index (κ3) is 5.00. The second-order valence-corrected chi connectivity index (χ2v) is 9.50. The van der Waals surface area contributed by atoms with Crippen LogP contribution in [0.25, 0.3) is 22.5 Å². The van der Waals surface area contributed by atoms with E-state index in [1.807, 2.05) is 13.2 Å². The Morgan fingerprint density at radius 2 is 2.05 bits per heavy atom. The normalized spacial score (nSPS) is 15.0. The second kappa shape index (κ2) is 9.57. The lowest BCUT2D eigenvalue weighted by atomic mass is 9.43. The van der Waals surface area contributed by atoms with E-state index in [0.29, 0.717) is 51.6 Å². The van der Waals surface area contributed by atoms with E-state index in [9.17, 15) is 9.50 Å². The number of aliphatic hydroxyl groups is 1. The van der Waals surface area contributed by atoms with Gasteiger partial charge in [0, 0.05) is 60.2 Å². The summed E-state index contributed by atoms with van der Waals surface area (Å²) in [5.74, 6) is 0.224. The fraction of sp³-hybridized carbons (Fsp3) is 0.292. The average Bonchev–Trinajstić information content (AvgIpc) is 3.32. The first-order valence-corrected chi connectivity index (χ1v) is 11.9. The molecule has 0 amide bonds.